The van der Waals surface area contributed by atoms with Crippen LogP contribution < -0.4 is 10.6 Å². The Bertz CT molecular complexity index is 2220. The van der Waals surface area contributed by atoms with E-state index in [0.29, 0.717) is 24.4 Å². The van der Waals surface area contributed by atoms with Crippen molar-refractivity contribution < 1.29 is 33.9 Å². The van der Waals surface area contributed by atoms with E-state index in [4.69, 9.17) is 20.1 Å². The summed E-state index contributed by atoms with van der Waals surface area (Å²) in [5.74, 6) is -3.28. The second-order valence-electron chi connectivity index (χ2n) is 14.9. The van der Waals surface area contributed by atoms with Crippen LogP contribution in [0.25, 0.3) is 10.4 Å². The van der Waals surface area contributed by atoms with Gasteiger partial charge in [0.1, 0.15) is 33.9 Å². The van der Waals surface area contributed by atoms with Crippen LogP contribution in [0.15, 0.2) is 118 Å². The number of aliphatic carboxylic acids is 1. The third kappa shape index (κ3) is 7.75. The molecule has 1 aromatic heterocycles. The molecule has 298 valence electrons. The van der Waals surface area contributed by atoms with Crippen LogP contribution in [0.4, 0.5) is 5.13 Å². The minimum absolute atomic E-state index is 0.106. The Morgan fingerprint density at radius 3 is 2.07 bits per heavy atom. The van der Waals surface area contributed by atoms with Crippen molar-refractivity contribution in [3.8, 4) is 0 Å². The minimum atomic E-state index is -1.43. The quantitative estimate of drug-likeness (QED) is 0.0182. The normalized spacial score (nSPS) is 18.8. The molecule has 3 aliphatic rings. The zero-order valence-corrected chi connectivity index (χ0v) is 33.5. The number of nitrogens with one attached hydrogen (secondary N) is 2. The number of amides is 2. The fourth-order valence-electron chi connectivity index (χ4n) is 7.05. The molecule has 58 heavy (non-hydrogen) atoms. The summed E-state index contributed by atoms with van der Waals surface area (Å²) < 4.78 is 5.67. The smallest absolute Gasteiger partial charge is 0.353 e. The summed E-state index contributed by atoms with van der Waals surface area (Å²) in [7, 11) is 0. The van der Waals surface area contributed by atoms with Gasteiger partial charge in [-0.1, -0.05) is 101 Å². The number of carboxylic acids is 1. The molecule has 0 bridgehead atoms. The van der Waals surface area contributed by atoms with Crippen molar-refractivity contribution in [2.24, 2.45) is 10.3 Å². The molecular formula is C41H40N8O7S2. The summed E-state index contributed by atoms with van der Waals surface area (Å²) in [6.45, 7) is 5.02. The van der Waals surface area contributed by atoms with Gasteiger partial charge in [0.25, 0.3) is 11.8 Å². The number of fused-ring (bicyclic) bond motifs is 1. The van der Waals surface area contributed by atoms with Crippen molar-refractivity contribution in [3.63, 3.8) is 0 Å². The van der Waals surface area contributed by atoms with Crippen LogP contribution in [0.1, 0.15) is 62.4 Å². The molecule has 3 heterocycles. The molecule has 15 nitrogen and oxygen atoms in total. The van der Waals surface area contributed by atoms with E-state index in [0.717, 1.165) is 21.6 Å². The molecule has 2 amide bonds. The number of hydrogen-bond donors (Lipinski definition) is 3. The second kappa shape index (κ2) is 16.4. The van der Waals surface area contributed by atoms with Crippen molar-refractivity contribution >= 4 is 57.7 Å². The summed E-state index contributed by atoms with van der Waals surface area (Å²) in [6, 6.07) is 28.6. The zero-order valence-electron chi connectivity index (χ0n) is 31.8. The number of carboxylic acid groups (broad SMARTS) is 1. The Labute approximate surface area is 342 Å². The highest BCUT2D eigenvalue weighted by atomic mass is 32.2. The number of carbonyl (C=O) groups excluding carboxylic acids is 3. The summed E-state index contributed by atoms with van der Waals surface area (Å²) in [6.07, 6.45) is 1.30. The van der Waals surface area contributed by atoms with E-state index in [1.165, 1.54) is 23.1 Å². The van der Waals surface area contributed by atoms with Crippen LogP contribution >= 0.6 is 23.1 Å². The fourth-order valence-corrected chi connectivity index (χ4v) is 9.14. The lowest BCUT2D eigenvalue weighted by molar-refractivity contribution is -0.196. The minimum Gasteiger partial charge on any atom is -0.477 e. The Kier molecular flexibility index (Phi) is 11.3. The van der Waals surface area contributed by atoms with Crippen molar-refractivity contribution in [2.75, 3.05) is 17.6 Å². The van der Waals surface area contributed by atoms with Gasteiger partial charge >= 0.3 is 11.9 Å². The Morgan fingerprint density at radius 2 is 1.57 bits per heavy atom. The molecule has 4 aromatic rings. The van der Waals surface area contributed by atoms with E-state index in [-0.39, 0.29) is 35.0 Å². The van der Waals surface area contributed by atoms with E-state index < -0.39 is 51.9 Å². The molecule has 1 aliphatic carbocycles. The van der Waals surface area contributed by atoms with Crippen molar-refractivity contribution in [3.05, 3.63) is 140 Å². The number of azide groups is 1. The van der Waals surface area contributed by atoms with Crippen LogP contribution in [0.2, 0.25) is 0 Å². The fraction of sp³-hybridized carbons (Fsp3) is 0.317. The number of aromatic nitrogens is 1. The van der Waals surface area contributed by atoms with E-state index in [1.54, 1.807) is 26.2 Å². The maximum atomic E-state index is 14.3. The third-order valence-electron chi connectivity index (χ3n) is 9.98. The first kappa shape index (κ1) is 40.1. The van der Waals surface area contributed by atoms with Crippen molar-refractivity contribution in [1.29, 1.82) is 0 Å². The number of carbonyl (C=O) groups is 4. The van der Waals surface area contributed by atoms with Gasteiger partial charge in [-0.15, -0.1) is 23.1 Å². The van der Waals surface area contributed by atoms with Gasteiger partial charge in [-0.2, -0.15) is 0 Å². The summed E-state index contributed by atoms with van der Waals surface area (Å²) in [4.78, 5) is 68.1. The lowest BCUT2D eigenvalue weighted by Gasteiger charge is -2.49. The number of ether oxygens (including phenoxy) is 1. The Balaban J connectivity index is 1.25. The maximum Gasteiger partial charge on any atom is 0.353 e. The number of nitrogens with zero attached hydrogens (tertiary/aromatic N) is 6. The average molecular weight is 821 g/mol. The first-order valence-corrected chi connectivity index (χ1v) is 20.4. The van der Waals surface area contributed by atoms with Gasteiger partial charge in [-0.3, -0.25) is 14.5 Å². The molecular weight excluding hydrogens is 781 g/mol. The first-order valence-electron chi connectivity index (χ1n) is 18.5. The topological polar surface area (TPSA) is 208 Å². The molecule has 2 atom stereocenters. The molecule has 1 unspecified atom stereocenters. The molecule has 0 spiro atoms. The largest absolute Gasteiger partial charge is 0.477 e. The zero-order chi connectivity index (χ0) is 41.1. The highest BCUT2D eigenvalue weighted by Crippen LogP contribution is 2.43. The van der Waals surface area contributed by atoms with Crippen LogP contribution in [-0.2, 0) is 34.3 Å². The van der Waals surface area contributed by atoms with Crippen LogP contribution in [-0.4, -0.2) is 79.4 Å². The Hall–Kier alpha value is -6.16. The van der Waals surface area contributed by atoms with E-state index in [2.05, 4.69) is 25.8 Å². The lowest BCUT2D eigenvalue weighted by atomic mass is 9.77. The van der Waals surface area contributed by atoms with Crippen LogP contribution in [0.3, 0.4) is 0 Å². The number of benzene rings is 3. The molecule has 3 aromatic carbocycles. The molecule has 0 radical (unpaired) electrons. The van der Waals surface area contributed by atoms with Gasteiger partial charge in [0.2, 0.25) is 5.60 Å². The highest BCUT2D eigenvalue weighted by molar-refractivity contribution is 8.00. The van der Waals surface area contributed by atoms with Crippen molar-refractivity contribution in [1.82, 2.24) is 15.2 Å². The molecule has 17 heteroatoms. The number of hydrogen-bond acceptors (Lipinski definition) is 12. The molecule has 1 saturated heterocycles. The van der Waals surface area contributed by atoms with E-state index in [1.807, 2.05) is 91.0 Å². The van der Waals surface area contributed by atoms with Crippen LogP contribution in [0, 0.1) is 0 Å². The summed E-state index contributed by atoms with van der Waals surface area (Å²) >= 11 is 2.45. The van der Waals surface area contributed by atoms with Gasteiger partial charge in [0.05, 0.1) is 6.54 Å². The monoisotopic (exact) mass is 820 g/mol. The number of thiazole rings is 1. The molecule has 3 N–H and O–H groups in total. The summed E-state index contributed by atoms with van der Waals surface area (Å²) in [5.41, 5.74) is 8.24. The predicted molar refractivity (Wildman–Crippen MR) is 219 cm³/mol. The van der Waals surface area contributed by atoms with Gasteiger partial charge in [0, 0.05) is 28.9 Å². The molecule has 7 rings (SSSR count). The van der Waals surface area contributed by atoms with Gasteiger partial charge in [-0.05, 0) is 55.0 Å². The number of rotatable bonds is 14. The highest BCUT2D eigenvalue weighted by Gasteiger charge is 2.55. The lowest BCUT2D eigenvalue weighted by Crippen LogP contribution is -2.71. The Morgan fingerprint density at radius 1 is 0.983 bits per heavy atom. The second-order valence-corrected chi connectivity index (χ2v) is 16.9. The molecule has 2 aliphatic heterocycles. The number of esters is 1. The van der Waals surface area contributed by atoms with Gasteiger partial charge in [-0.25, -0.2) is 14.6 Å². The van der Waals surface area contributed by atoms with Crippen molar-refractivity contribution in [2.45, 2.75) is 68.2 Å². The number of thioether (sulfide) groups is 1. The van der Waals surface area contributed by atoms with E-state index >= 15 is 0 Å². The van der Waals surface area contributed by atoms with Gasteiger partial charge < -0.3 is 25.3 Å². The first-order chi connectivity index (χ1) is 27.9. The SMILES string of the molecule is CC(C)(C)OC(=O)C1(O/N=C(\C(=O)NC2C(=O)N3C(C(=O)O)=C(CN=[N+]=[N-])CS[C@H]23)c2csc(NC(c3ccccc3)(c3ccccc3)c3ccccc3)n2)CCC1. The number of oxime groups is 1. The maximum absolute atomic E-state index is 14.3. The predicted octanol–water partition coefficient (Wildman–Crippen LogP) is 6.58. The van der Waals surface area contributed by atoms with Gasteiger partial charge in [0.15, 0.2) is 10.8 Å². The number of anilines is 1. The molecule has 2 fully saturated rings. The third-order valence-corrected chi connectivity index (χ3v) is 12.1. The standard InChI is InChI=1S/C41H40N8O7S2/c1-39(2,3)55-37(54)40(20-13-21-40)56-47-30(33(50)45-31-34(51)49-32(36(52)53)25(22-43-48-42)23-57-35(31)49)29-24-58-38(44-29)46-41(26-14-7-4-8-15-26,27-16-9-5-10-17-27)28-18-11-6-12-19-28/h4-12,14-19,24,31,35H,13,20-23H2,1-3H3,(H,44,46)(H,45,50)(H,52,53)/b47-30-/t31?,35-/m1/s1. The van der Waals surface area contributed by atoms with Crippen LogP contribution in [0.5, 0.6) is 0 Å². The summed E-state index contributed by atoms with van der Waals surface area (Å²) in [5, 5.41) is 25.5. The molecule has 1 saturated carbocycles. The number of β-lactam (4-membered cyclic amide) rings is 1. The average Bonchev–Trinajstić information content (AvgIpc) is 3.66. The van der Waals surface area contributed by atoms with E-state index in [9.17, 15) is 24.3 Å².